The first-order valence-electron chi connectivity index (χ1n) is 3.98. The molecule has 0 aromatic carbocycles. The van der Waals surface area contributed by atoms with Gasteiger partial charge in [-0.25, -0.2) is 4.39 Å². The lowest BCUT2D eigenvalue weighted by molar-refractivity contribution is -0.107. The van der Waals surface area contributed by atoms with Gasteiger partial charge in [0.25, 0.3) is 0 Å². The van der Waals surface area contributed by atoms with Crippen molar-refractivity contribution in [1.29, 1.82) is 0 Å². The van der Waals surface area contributed by atoms with E-state index in [-0.39, 0.29) is 11.3 Å². The number of halogens is 1. The fourth-order valence-corrected chi connectivity index (χ4v) is 1.13. The zero-order valence-electron chi connectivity index (χ0n) is 8.22. The van der Waals surface area contributed by atoms with Crippen molar-refractivity contribution >= 4 is 5.69 Å². The zero-order valence-corrected chi connectivity index (χ0v) is 8.22. The fraction of sp³-hybridized carbons (Fsp3) is 0.375. The number of azide groups is 1. The van der Waals surface area contributed by atoms with E-state index in [9.17, 15) is 4.39 Å². The fourth-order valence-electron chi connectivity index (χ4n) is 1.13. The number of methoxy groups -OCH3 is 2. The molecule has 0 saturated heterocycles. The van der Waals surface area contributed by atoms with Crippen LogP contribution in [0.25, 0.3) is 10.4 Å². The summed E-state index contributed by atoms with van der Waals surface area (Å²) in [5, 5.41) is 3.30. The average molecular weight is 212 g/mol. The van der Waals surface area contributed by atoms with Crippen LogP contribution in [0.2, 0.25) is 0 Å². The molecule has 0 radical (unpaired) electrons. The van der Waals surface area contributed by atoms with Crippen molar-refractivity contribution in [2.45, 2.75) is 6.29 Å². The van der Waals surface area contributed by atoms with Gasteiger partial charge in [-0.15, -0.1) is 0 Å². The van der Waals surface area contributed by atoms with E-state index in [1.165, 1.54) is 20.4 Å². The number of aromatic nitrogens is 1. The molecule has 0 unspecified atom stereocenters. The molecular formula is C8H9FN4O2. The van der Waals surface area contributed by atoms with E-state index in [1.54, 1.807) is 0 Å². The van der Waals surface area contributed by atoms with Crippen molar-refractivity contribution in [3.8, 4) is 0 Å². The standard InChI is InChI=1S/C8H9FN4O2/c1-14-8(15-2)7-5(9)3-11-4-6(7)12-13-10/h3-4,8H,1-2H3. The third kappa shape index (κ3) is 2.41. The Morgan fingerprint density at radius 3 is 2.67 bits per heavy atom. The molecule has 6 nitrogen and oxygen atoms in total. The van der Waals surface area contributed by atoms with Crippen LogP contribution in [-0.4, -0.2) is 19.2 Å². The number of hydrogen-bond donors (Lipinski definition) is 0. The summed E-state index contributed by atoms with van der Waals surface area (Å²) in [6.45, 7) is 0. The second-order valence-electron chi connectivity index (χ2n) is 2.55. The Kier molecular flexibility index (Phi) is 3.99. The van der Waals surface area contributed by atoms with Gasteiger partial charge in [0.15, 0.2) is 6.29 Å². The average Bonchev–Trinajstić information content (AvgIpc) is 2.24. The highest BCUT2D eigenvalue weighted by atomic mass is 19.1. The molecule has 0 atom stereocenters. The van der Waals surface area contributed by atoms with Gasteiger partial charge < -0.3 is 9.47 Å². The maximum Gasteiger partial charge on any atom is 0.186 e. The molecule has 0 aliphatic carbocycles. The molecule has 0 aliphatic heterocycles. The van der Waals surface area contributed by atoms with Gasteiger partial charge >= 0.3 is 0 Å². The minimum Gasteiger partial charge on any atom is -0.352 e. The Hall–Kier alpha value is -1.69. The van der Waals surface area contributed by atoms with Crippen molar-refractivity contribution in [2.24, 2.45) is 5.11 Å². The summed E-state index contributed by atoms with van der Waals surface area (Å²) in [6.07, 6.45) is 1.31. The zero-order chi connectivity index (χ0) is 11.3. The van der Waals surface area contributed by atoms with Crippen LogP contribution in [0, 0.1) is 5.82 Å². The van der Waals surface area contributed by atoms with Crippen LogP contribution in [0.5, 0.6) is 0 Å². The molecular weight excluding hydrogens is 203 g/mol. The lowest BCUT2D eigenvalue weighted by Crippen LogP contribution is -2.06. The summed E-state index contributed by atoms with van der Waals surface area (Å²) in [5.41, 5.74) is 8.37. The summed E-state index contributed by atoms with van der Waals surface area (Å²) in [5.74, 6) is -0.645. The number of hydrogen-bond acceptors (Lipinski definition) is 4. The molecule has 1 aromatic heterocycles. The van der Waals surface area contributed by atoms with Crippen LogP contribution in [0.3, 0.4) is 0 Å². The third-order valence-corrected chi connectivity index (χ3v) is 1.73. The number of ether oxygens (including phenoxy) is 2. The van der Waals surface area contributed by atoms with Gasteiger partial charge in [-0.3, -0.25) is 4.98 Å². The summed E-state index contributed by atoms with van der Waals surface area (Å²) in [6, 6.07) is 0. The lowest BCUT2D eigenvalue weighted by atomic mass is 10.2. The molecule has 15 heavy (non-hydrogen) atoms. The Morgan fingerprint density at radius 2 is 2.13 bits per heavy atom. The highest BCUT2D eigenvalue weighted by Crippen LogP contribution is 2.29. The van der Waals surface area contributed by atoms with Crippen molar-refractivity contribution < 1.29 is 13.9 Å². The summed E-state index contributed by atoms with van der Waals surface area (Å²) in [7, 11) is 2.71. The van der Waals surface area contributed by atoms with Gasteiger partial charge in [0.05, 0.1) is 17.4 Å². The highest BCUT2D eigenvalue weighted by molar-refractivity contribution is 5.44. The maximum atomic E-state index is 13.4. The molecule has 0 fully saturated rings. The number of pyridine rings is 1. The van der Waals surface area contributed by atoms with Crippen LogP contribution in [0.15, 0.2) is 17.5 Å². The smallest absolute Gasteiger partial charge is 0.186 e. The first-order valence-corrected chi connectivity index (χ1v) is 3.98. The predicted molar refractivity (Wildman–Crippen MR) is 49.8 cm³/mol. The van der Waals surface area contributed by atoms with Crippen molar-refractivity contribution in [3.63, 3.8) is 0 Å². The van der Waals surface area contributed by atoms with Crippen LogP contribution >= 0.6 is 0 Å². The van der Waals surface area contributed by atoms with E-state index in [0.717, 1.165) is 6.20 Å². The van der Waals surface area contributed by atoms with Crippen molar-refractivity contribution in [1.82, 2.24) is 4.98 Å². The number of rotatable bonds is 4. The van der Waals surface area contributed by atoms with E-state index in [0.29, 0.717) is 0 Å². The Balaban J connectivity index is 3.28. The topological polar surface area (TPSA) is 80.1 Å². The van der Waals surface area contributed by atoms with Crippen LogP contribution in [0.4, 0.5) is 10.1 Å². The predicted octanol–water partition coefficient (Wildman–Crippen LogP) is 2.45. The molecule has 1 heterocycles. The SMILES string of the molecule is COC(OC)c1c(F)cncc1N=[N+]=[N-]. The third-order valence-electron chi connectivity index (χ3n) is 1.73. The minimum absolute atomic E-state index is 0.0350. The van der Waals surface area contributed by atoms with Gasteiger partial charge in [-0.2, -0.15) is 0 Å². The summed E-state index contributed by atoms with van der Waals surface area (Å²) in [4.78, 5) is 6.13. The molecule has 0 aliphatic rings. The first kappa shape index (κ1) is 11.4. The van der Waals surface area contributed by atoms with Gasteiger partial charge in [-0.1, -0.05) is 5.11 Å². The molecule has 1 aromatic rings. The maximum absolute atomic E-state index is 13.4. The van der Waals surface area contributed by atoms with Crippen molar-refractivity contribution in [3.05, 3.63) is 34.2 Å². The Bertz CT molecular complexity index is 388. The molecule has 0 saturated carbocycles. The van der Waals surface area contributed by atoms with E-state index < -0.39 is 12.1 Å². The Labute approximate surface area is 85.3 Å². The monoisotopic (exact) mass is 212 g/mol. The van der Waals surface area contributed by atoms with E-state index in [4.69, 9.17) is 15.0 Å². The lowest BCUT2D eigenvalue weighted by Gasteiger charge is -2.15. The van der Waals surface area contributed by atoms with Gasteiger partial charge in [0, 0.05) is 25.3 Å². The van der Waals surface area contributed by atoms with Crippen LogP contribution in [0.1, 0.15) is 11.9 Å². The van der Waals surface area contributed by atoms with Crippen molar-refractivity contribution in [2.75, 3.05) is 14.2 Å². The van der Waals surface area contributed by atoms with E-state index in [1.807, 2.05) is 0 Å². The molecule has 7 heteroatoms. The van der Waals surface area contributed by atoms with Gasteiger partial charge in [0.2, 0.25) is 0 Å². The van der Waals surface area contributed by atoms with Crippen LogP contribution in [-0.2, 0) is 9.47 Å². The second-order valence-corrected chi connectivity index (χ2v) is 2.55. The molecule has 0 amide bonds. The van der Waals surface area contributed by atoms with Gasteiger partial charge in [-0.05, 0) is 5.53 Å². The van der Waals surface area contributed by atoms with Crippen LogP contribution < -0.4 is 0 Å². The minimum atomic E-state index is -0.923. The normalized spacial score (nSPS) is 10.1. The molecule has 80 valence electrons. The number of nitrogens with zero attached hydrogens (tertiary/aromatic N) is 4. The molecule has 0 N–H and O–H groups in total. The second kappa shape index (κ2) is 5.26. The van der Waals surface area contributed by atoms with E-state index in [2.05, 4.69) is 15.0 Å². The Morgan fingerprint density at radius 1 is 1.47 bits per heavy atom. The highest BCUT2D eigenvalue weighted by Gasteiger charge is 2.18. The molecule has 0 bridgehead atoms. The summed E-state index contributed by atoms with van der Waals surface area (Å²) >= 11 is 0. The largest absolute Gasteiger partial charge is 0.352 e. The van der Waals surface area contributed by atoms with Gasteiger partial charge in [0.1, 0.15) is 5.82 Å². The van der Waals surface area contributed by atoms with E-state index >= 15 is 0 Å². The molecule has 1 rings (SSSR count). The first-order chi connectivity index (χ1) is 7.24. The molecule has 0 spiro atoms. The summed E-state index contributed by atoms with van der Waals surface area (Å²) < 4.78 is 23.2. The quantitative estimate of drug-likeness (QED) is 0.332.